The number of hydrogen-bond donors (Lipinski definition) is 1. The van der Waals surface area contributed by atoms with Gasteiger partial charge in [0.05, 0.1) is 16.7 Å². The molecule has 1 fully saturated rings. The molecule has 3 nitrogen and oxygen atoms in total. The third kappa shape index (κ3) is 2.42. The van der Waals surface area contributed by atoms with Gasteiger partial charge in [-0.1, -0.05) is 11.6 Å². The molecule has 17 heavy (non-hydrogen) atoms. The molecular formula is C12H13ClFNO2. The summed E-state index contributed by atoms with van der Waals surface area (Å²) in [6.07, 6.45) is 0.100. The lowest BCUT2D eigenvalue weighted by atomic mass is 10.1. The van der Waals surface area contributed by atoms with Gasteiger partial charge in [-0.15, -0.1) is 0 Å². The Bertz CT molecular complexity index is 464. The average Bonchev–Trinajstić information content (AvgIpc) is 2.69. The number of carbonyl (C=O) groups excluding carboxylic acids is 1. The molecule has 0 aliphatic carbocycles. The summed E-state index contributed by atoms with van der Waals surface area (Å²) < 4.78 is 13.2. The molecule has 0 spiro atoms. The van der Waals surface area contributed by atoms with Crippen LogP contribution in [0.5, 0.6) is 0 Å². The maximum Gasteiger partial charge on any atom is 0.255 e. The first-order chi connectivity index (χ1) is 7.99. The number of aryl methyl sites for hydroxylation is 1. The molecule has 0 radical (unpaired) electrons. The van der Waals surface area contributed by atoms with E-state index in [4.69, 9.17) is 11.6 Å². The van der Waals surface area contributed by atoms with Crippen molar-refractivity contribution in [3.05, 3.63) is 34.1 Å². The van der Waals surface area contributed by atoms with Gasteiger partial charge in [-0.3, -0.25) is 4.79 Å². The topological polar surface area (TPSA) is 40.5 Å². The Kier molecular flexibility index (Phi) is 3.35. The summed E-state index contributed by atoms with van der Waals surface area (Å²) in [7, 11) is 0. The molecule has 1 saturated heterocycles. The third-order valence-electron chi connectivity index (χ3n) is 2.93. The minimum Gasteiger partial charge on any atom is -0.391 e. The van der Waals surface area contributed by atoms with Crippen molar-refractivity contribution in [3.8, 4) is 0 Å². The number of nitrogens with zero attached hydrogens (tertiary/aromatic N) is 1. The summed E-state index contributed by atoms with van der Waals surface area (Å²) in [5, 5.41) is 9.49. The molecule has 1 N–H and O–H groups in total. The number of aliphatic hydroxyl groups excluding tert-OH is 1. The van der Waals surface area contributed by atoms with Crippen LogP contribution in [0.15, 0.2) is 12.1 Å². The number of rotatable bonds is 1. The van der Waals surface area contributed by atoms with E-state index in [-0.39, 0.29) is 10.9 Å². The van der Waals surface area contributed by atoms with E-state index in [2.05, 4.69) is 0 Å². The fourth-order valence-corrected chi connectivity index (χ4v) is 2.15. The monoisotopic (exact) mass is 257 g/mol. The van der Waals surface area contributed by atoms with E-state index in [1.807, 2.05) is 0 Å². The predicted octanol–water partition coefficient (Wildman–Crippen LogP) is 1.99. The minimum absolute atomic E-state index is 0.111. The molecule has 5 heteroatoms. The van der Waals surface area contributed by atoms with E-state index in [0.29, 0.717) is 30.6 Å². The predicted molar refractivity (Wildman–Crippen MR) is 62.7 cm³/mol. The standard InChI is InChI=1S/C12H13ClFNO2/c1-7-4-9(10(13)5-11(7)14)12(17)15-3-2-8(16)6-15/h4-5,8,16H,2-3,6H2,1H3/t8-/m0/s1. The molecule has 1 aliphatic rings. The van der Waals surface area contributed by atoms with Crippen LogP contribution < -0.4 is 0 Å². The lowest BCUT2D eigenvalue weighted by Crippen LogP contribution is -2.29. The SMILES string of the molecule is Cc1cc(C(=O)N2CC[C@H](O)C2)c(Cl)cc1F. The molecule has 92 valence electrons. The van der Waals surface area contributed by atoms with Gasteiger partial charge in [-0.25, -0.2) is 4.39 Å². The van der Waals surface area contributed by atoms with Crippen molar-refractivity contribution in [1.29, 1.82) is 0 Å². The number of likely N-dealkylation sites (tertiary alicyclic amines) is 1. The zero-order chi connectivity index (χ0) is 12.6. The maximum absolute atomic E-state index is 13.2. The van der Waals surface area contributed by atoms with E-state index in [0.717, 1.165) is 6.07 Å². The zero-order valence-electron chi connectivity index (χ0n) is 9.41. The van der Waals surface area contributed by atoms with Gasteiger partial charge in [0.25, 0.3) is 5.91 Å². The second kappa shape index (κ2) is 4.63. The highest BCUT2D eigenvalue weighted by atomic mass is 35.5. The molecule has 1 atom stereocenters. The third-order valence-corrected chi connectivity index (χ3v) is 3.24. The molecular weight excluding hydrogens is 245 g/mol. The number of carbonyl (C=O) groups is 1. The summed E-state index contributed by atoms with van der Waals surface area (Å²) >= 11 is 5.86. The van der Waals surface area contributed by atoms with E-state index in [9.17, 15) is 14.3 Å². The quantitative estimate of drug-likeness (QED) is 0.836. The van der Waals surface area contributed by atoms with Crippen molar-refractivity contribution >= 4 is 17.5 Å². The number of halogens is 2. The van der Waals surface area contributed by atoms with Crippen LogP contribution in [-0.4, -0.2) is 35.1 Å². The van der Waals surface area contributed by atoms with Crippen LogP contribution in [0.2, 0.25) is 5.02 Å². The summed E-state index contributed by atoms with van der Waals surface area (Å²) in [6.45, 7) is 2.40. The van der Waals surface area contributed by atoms with Crippen LogP contribution in [0.25, 0.3) is 0 Å². The van der Waals surface area contributed by atoms with Crippen LogP contribution >= 0.6 is 11.6 Å². The smallest absolute Gasteiger partial charge is 0.255 e. The van der Waals surface area contributed by atoms with E-state index >= 15 is 0 Å². The number of β-amino-alcohol motifs (C(OH)–C–C–N with tert-alkyl or cyclic N) is 1. The highest BCUT2D eigenvalue weighted by Crippen LogP contribution is 2.23. The van der Waals surface area contributed by atoms with Gasteiger partial charge < -0.3 is 10.0 Å². The van der Waals surface area contributed by atoms with Crippen LogP contribution in [-0.2, 0) is 0 Å². The highest BCUT2D eigenvalue weighted by molar-refractivity contribution is 6.33. The van der Waals surface area contributed by atoms with Gasteiger partial charge in [0.2, 0.25) is 0 Å². The van der Waals surface area contributed by atoms with Gasteiger partial charge in [-0.05, 0) is 31.0 Å². The second-order valence-corrected chi connectivity index (χ2v) is 4.68. The highest BCUT2D eigenvalue weighted by Gasteiger charge is 2.27. The Morgan fingerprint density at radius 3 is 2.88 bits per heavy atom. The molecule has 1 aromatic rings. The summed E-state index contributed by atoms with van der Waals surface area (Å²) in [5.74, 6) is -0.678. The average molecular weight is 258 g/mol. The molecule has 1 aliphatic heterocycles. The van der Waals surface area contributed by atoms with Crippen molar-refractivity contribution < 1.29 is 14.3 Å². The first kappa shape index (κ1) is 12.3. The van der Waals surface area contributed by atoms with Crippen molar-refractivity contribution in [2.45, 2.75) is 19.4 Å². The van der Waals surface area contributed by atoms with E-state index < -0.39 is 11.9 Å². The van der Waals surface area contributed by atoms with E-state index in [1.54, 1.807) is 6.92 Å². The number of amides is 1. The first-order valence-electron chi connectivity index (χ1n) is 5.42. The Balaban J connectivity index is 2.28. The molecule has 1 heterocycles. The molecule has 0 saturated carbocycles. The Hall–Kier alpha value is -1.13. The van der Waals surface area contributed by atoms with Crippen molar-refractivity contribution in [1.82, 2.24) is 4.90 Å². The van der Waals surface area contributed by atoms with Crippen LogP contribution in [0.3, 0.4) is 0 Å². The first-order valence-corrected chi connectivity index (χ1v) is 5.80. The summed E-state index contributed by atoms with van der Waals surface area (Å²) in [5.41, 5.74) is 0.678. The van der Waals surface area contributed by atoms with Gasteiger partial charge in [0.1, 0.15) is 5.82 Å². The van der Waals surface area contributed by atoms with Gasteiger partial charge in [0.15, 0.2) is 0 Å². The van der Waals surface area contributed by atoms with Gasteiger partial charge in [-0.2, -0.15) is 0 Å². The van der Waals surface area contributed by atoms with Crippen molar-refractivity contribution in [2.24, 2.45) is 0 Å². The Labute approximate surface area is 104 Å². The molecule has 1 amide bonds. The lowest BCUT2D eigenvalue weighted by Gasteiger charge is -2.16. The van der Waals surface area contributed by atoms with E-state index in [1.165, 1.54) is 11.0 Å². The second-order valence-electron chi connectivity index (χ2n) is 4.27. The normalized spacial score (nSPS) is 19.8. The number of benzene rings is 1. The fourth-order valence-electron chi connectivity index (χ4n) is 1.92. The summed E-state index contributed by atoms with van der Waals surface area (Å²) in [4.78, 5) is 13.6. The zero-order valence-corrected chi connectivity index (χ0v) is 10.2. The molecule has 0 bridgehead atoms. The number of hydrogen-bond acceptors (Lipinski definition) is 2. The molecule has 1 aromatic carbocycles. The maximum atomic E-state index is 13.2. The Morgan fingerprint density at radius 1 is 1.59 bits per heavy atom. The molecule has 0 aromatic heterocycles. The molecule has 2 rings (SSSR count). The van der Waals surface area contributed by atoms with Crippen LogP contribution in [0, 0.1) is 12.7 Å². The minimum atomic E-state index is -0.473. The summed E-state index contributed by atoms with van der Waals surface area (Å²) in [6, 6.07) is 2.60. The van der Waals surface area contributed by atoms with Crippen molar-refractivity contribution in [3.63, 3.8) is 0 Å². The van der Waals surface area contributed by atoms with Crippen LogP contribution in [0.1, 0.15) is 22.3 Å². The fraction of sp³-hybridized carbons (Fsp3) is 0.417. The van der Waals surface area contributed by atoms with Crippen LogP contribution in [0.4, 0.5) is 4.39 Å². The van der Waals surface area contributed by atoms with Crippen molar-refractivity contribution in [2.75, 3.05) is 13.1 Å². The van der Waals surface area contributed by atoms with Gasteiger partial charge in [0, 0.05) is 13.1 Å². The molecule has 0 unspecified atom stereocenters. The largest absolute Gasteiger partial charge is 0.391 e. The lowest BCUT2D eigenvalue weighted by molar-refractivity contribution is 0.0765. The number of aliphatic hydroxyl groups is 1. The van der Waals surface area contributed by atoms with Gasteiger partial charge >= 0.3 is 0 Å². The Morgan fingerprint density at radius 2 is 2.29 bits per heavy atom.